The van der Waals surface area contributed by atoms with Crippen LogP contribution < -0.4 is 10.1 Å². The molecule has 1 N–H and O–H groups in total. The second-order valence-electron chi connectivity index (χ2n) is 4.72. The van der Waals surface area contributed by atoms with E-state index in [1.54, 1.807) is 0 Å². The molecule has 0 aliphatic heterocycles. The number of rotatable bonds is 4. The van der Waals surface area contributed by atoms with Gasteiger partial charge in [0.15, 0.2) is 0 Å². The fourth-order valence-electron chi connectivity index (χ4n) is 2.04. The van der Waals surface area contributed by atoms with Gasteiger partial charge in [0.25, 0.3) is 0 Å². The zero-order chi connectivity index (χ0) is 13.2. The number of aromatic nitrogens is 1. The number of para-hydroxylation sites is 1. The molecule has 1 aromatic carbocycles. The first-order valence-electron chi connectivity index (χ1n) is 6.61. The zero-order valence-corrected chi connectivity index (χ0v) is 10.8. The fraction of sp³-hybridized carbons (Fsp3) is 0.333. The van der Waals surface area contributed by atoms with Gasteiger partial charge in [-0.1, -0.05) is 12.1 Å². The van der Waals surface area contributed by atoms with Crippen molar-refractivity contribution in [1.82, 2.24) is 4.98 Å². The molecular formula is C15H16N2O2. The molecule has 1 saturated carbocycles. The second-order valence-corrected chi connectivity index (χ2v) is 4.72. The Morgan fingerprint density at radius 3 is 2.95 bits per heavy atom. The number of ether oxygens (including phenoxy) is 1. The van der Waals surface area contributed by atoms with E-state index in [9.17, 15) is 4.79 Å². The second kappa shape index (κ2) is 4.88. The Morgan fingerprint density at radius 2 is 2.21 bits per heavy atom. The Labute approximate surface area is 111 Å². The number of carbonyl (C=O) groups excluding carboxylic acids is 1. The van der Waals surface area contributed by atoms with Gasteiger partial charge in [-0.2, -0.15) is 0 Å². The lowest BCUT2D eigenvalue weighted by Crippen LogP contribution is -2.14. The number of nitrogens with one attached hydrogen (secondary N) is 1. The van der Waals surface area contributed by atoms with Gasteiger partial charge in [0, 0.05) is 11.3 Å². The SMILES string of the molecule is CCOc1cccc2ccc(NC(=O)C3CC3)nc12. The minimum absolute atomic E-state index is 0.0701. The molecular weight excluding hydrogens is 240 g/mol. The molecule has 0 unspecified atom stereocenters. The van der Waals surface area contributed by atoms with E-state index in [0.717, 1.165) is 29.5 Å². The topological polar surface area (TPSA) is 51.2 Å². The lowest BCUT2D eigenvalue weighted by molar-refractivity contribution is -0.117. The van der Waals surface area contributed by atoms with Crippen molar-refractivity contribution in [3.63, 3.8) is 0 Å². The van der Waals surface area contributed by atoms with Crippen LogP contribution in [0.3, 0.4) is 0 Å². The van der Waals surface area contributed by atoms with Crippen LogP contribution in [0.2, 0.25) is 0 Å². The predicted molar refractivity (Wildman–Crippen MR) is 74.3 cm³/mol. The van der Waals surface area contributed by atoms with Crippen LogP contribution in [0.5, 0.6) is 5.75 Å². The summed E-state index contributed by atoms with van der Waals surface area (Å²) in [4.78, 5) is 16.2. The molecule has 4 heteroatoms. The molecule has 19 heavy (non-hydrogen) atoms. The van der Waals surface area contributed by atoms with E-state index in [-0.39, 0.29) is 11.8 Å². The maximum absolute atomic E-state index is 11.7. The number of benzene rings is 1. The van der Waals surface area contributed by atoms with E-state index >= 15 is 0 Å². The van der Waals surface area contributed by atoms with Gasteiger partial charge >= 0.3 is 0 Å². The van der Waals surface area contributed by atoms with Crippen LogP contribution in [0, 0.1) is 5.92 Å². The normalized spacial score (nSPS) is 14.4. The van der Waals surface area contributed by atoms with Gasteiger partial charge < -0.3 is 10.1 Å². The summed E-state index contributed by atoms with van der Waals surface area (Å²) in [6.07, 6.45) is 1.98. The summed E-state index contributed by atoms with van der Waals surface area (Å²) in [6.45, 7) is 2.54. The molecule has 0 atom stereocenters. The van der Waals surface area contributed by atoms with Crippen molar-refractivity contribution in [2.45, 2.75) is 19.8 Å². The molecule has 0 bridgehead atoms. The number of amides is 1. The third-order valence-corrected chi connectivity index (χ3v) is 3.18. The average Bonchev–Trinajstić information content (AvgIpc) is 3.24. The Kier molecular flexibility index (Phi) is 3.07. The van der Waals surface area contributed by atoms with Crippen LogP contribution in [-0.4, -0.2) is 17.5 Å². The summed E-state index contributed by atoms with van der Waals surface area (Å²) < 4.78 is 5.56. The van der Waals surface area contributed by atoms with Crippen molar-refractivity contribution >= 4 is 22.6 Å². The number of anilines is 1. The van der Waals surface area contributed by atoms with E-state index in [0.29, 0.717) is 12.4 Å². The molecule has 1 fully saturated rings. The Bertz CT molecular complexity index is 621. The monoisotopic (exact) mass is 256 g/mol. The first-order valence-corrected chi connectivity index (χ1v) is 6.61. The van der Waals surface area contributed by atoms with Crippen LogP contribution in [0.25, 0.3) is 10.9 Å². The number of hydrogen-bond acceptors (Lipinski definition) is 3. The Balaban J connectivity index is 1.93. The summed E-state index contributed by atoms with van der Waals surface area (Å²) in [7, 11) is 0. The minimum atomic E-state index is 0.0701. The first-order chi connectivity index (χ1) is 9.28. The van der Waals surface area contributed by atoms with Crippen molar-refractivity contribution in [2.75, 3.05) is 11.9 Å². The van der Waals surface area contributed by atoms with E-state index < -0.39 is 0 Å². The fourth-order valence-corrected chi connectivity index (χ4v) is 2.04. The van der Waals surface area contributed by atoms with Crippen molar-refractivity contribution in [3.8, 4) is 5.75 Å². The van der Waals surface area contributed by atoms with Crippen LogP contribution in [-0.2, 0) is 4.79 Å². The highest BCUT2D eigenvalue weighted by Crippen LogP contribution is 2.30. The predicted octanol–water partition coefficient (Wildman–Crippen LogP) is 2.98. The smallest absolute Gasteiger partial charge is 0.228 e. The van der Waals surface area contributed by atoms with Crippen molar-refractivity contribution in [3.05, 3.63) is 30.3 Å². The summed E-state index contributed by atoms with van der Waals surface area (Å²) in [6, 6.07) is 9.60. The molecule has 1 aliphatic carbocycles. The van der Waals surface area contributed by atoms with E-state index in [2.05, 4.69) is 10.3 Å². The van der Waals surface area contributed by atoms with Crippen molar-refractivity contribution < 1.29 is 9.53 Å². The molecule has 0 spiro atoms. The summed E-state index contributed by atoms with van der Waals surface area (Å²) in [5, 5.41) is 3.87. The Morgan fingerprint density at radius 1 is 1.37 bits per heavy atom. The van der Waals surface area contributed by atoms with Gasteiger partial charge in [0.05, 0.1) is 6.61 Å². The van der Waals surface area contributed by atoms with E-state index in [4.69, 9.17) is 4.74 Å². The first kappa shape index (κ1) is 12.0. The quantitative estimate of drug-likeness (QED) is 0.915. The molecule has 1 aromatic heterocycles. The summed E-state index contributed by atoms with van der Waals surface area (Å²) >= 11 is 0. The molecule has 1 heterocycles. The summed E-state index contributed by atoms with van der Waals surface area (Å²) in [5.41, 5.74) is 0.790. The molecule has 4 nitrogen and oxygen atoms in total. The van der Waals surface area contributed by atoms with Crippen LogP contribution in [0.15, 0.2) is 30.3 Å². The summed E-state index contributed by atoms with van der Waals surface area (Å²) in [5.74, 6) is 1.60. The van der Waals surface area contributed by atoms with Gasteiger partial charge in [-0.15, -0.1) is 0 Å². The molecule has 0 saturated heterocycles. The third-order valence-electron chi connectivity index (χ3n) is 3.18. The largest absolute Gasteiger partial charge is 0.492 e. The average molecular weight is 256 g/mol. The van der Waals surface area contributed by atoms with Gasteiger partial charge in [-0.05, 0) is 38.0 Å². The third kappa shape index (κ3) is 2.52. The van der Waals surface area contributed by atoms with E-state index in [1.807, 2.05) is 37.3 Å². The van der Waals surface area contributed by atoms with Crippen molar-refractivity contribution in [2.24, 2.45) is 5.92 Å². The van der Waals surface area contributed by atoms with E-state index in [1.165, 1.54) is 0 Å². The highest BCUT2D eigenvalue weighted by molar-refractivity contribution is 5.95. The number of hydrogen-bond donors (Lipinski definition) is 1. The molecule has 3 rings (SSSR count). The molecule has 0 radical (unpaired) electrons. The van der Waals surface area contributed by atoms with Gasteiger partial charge in [-0.3, -0.25) is 4.79 Å². The zero-order valence-electron chi connectivity index (χ0n) is 10.8. The highest BCUT2D eigenvalue weighted by Gasteiger charge is 2.29. The van der Waals surface area contributed by atoms with Crippen molar-refractivity contribution in [1.29, 1.82) is 0 Å². The minimum Gasteiger partial charge on any atom is -0.492 e. The van der Waals surface area contributed by atoms with Gasteiger partial charge in [0.1, 0.15) is 17.1 Å². The number of fused-ring (bicyclic) bond motifs is 1. The lowest BCUT2D eigenvalue weighted by atomic mass is 10.2. The number of nitrogens with zero attached hydrogens (tertiary/aromatic N) is 1. The van der Waals surface area contributed by atoms with Crippen LogP contribution in [0.1, 0.15) is 19.8 Å². The molecule has 1 aliphatic rings. The standard InChI is InChI=1S/C15H16N2O2/c1-2-19-12-5-3-4-10-8-9-13(16-14(10)12)17-15(18)11-6-7-11/h3-5,8-9,11H,2,6-7H2,1H3,(H,16,17,18). The van der Waals surface area contributed by atoms with Gasteiger partial charge in [0.2, 0.25) is 5.91 Å². The maximum Gasteiger partial charge on any atom is 0.228 e. The maximum atomic E-state index is 11.7. The van der Waals surface area contributed by atoms with Crippen LogP contribution in [0.4, 0.5) is 5.82 Å². The molecule has 2 aromatic rings. The van der Waals surface area contributed by atoms with Gasteiger partial charge in [-0.25, -0.2) is 4.98 Å². The Hall–Kier alpha value is -2.10. The number of carbonyl (C=O) groups is 1. The molecule has 1 amide bonds. The molecule has 98 valence electrons. The lowest BCUT2D eigenvalue weighted by Gasteiger charge is -2.09. The highest BCUT2D eigenvalue weighted by atomic mass is 16.5. The van der Waals surface area contributed by atoms with Crippen LogP contribution >= 0.6 is 0 Å². The number of pyridine rings is 1.